The zero-order valence-corrected chi connectivity index (χ0v) is 19.9. The van der Waals surface area contributed by atoms with Gasteiger partial charge in [0.2, 0.25) is 0 Å². The van der Waals surface area contributed by atoms with Crippen LogP contribution in [0.5, 0.6) is 0 Å². The first-order chi connectivity index (χ1) is 17.1. The van der Waals surface area contributed by atoms with E-state index in [0.717, 1.165) is 39.3 Å². The van der Waals surface area contributed by atoms with Gasteiger partial charge in [-0.15, -0.1) is 16.5 Å². The van der Waals surface area contributed by atoms with Crippen molar-refractivity contribution >= 4 is 34.5 Å². The Balaban J connectivity index is 1.22. The average molecular weight is 491 g/mol. The first kappa shape index (κ1) is 22.9. The number of hydrogen-bond donors (Lipinski definition) is 1. The molecule has 4 heterocycles. The normalized spacial score (nSPS) is 13.9. The number of halogens is 1. The van der Waals surface area contributed by atoms with Gasteiger partial charge in [-0.05, 0) is 42.3 Å². The van der Waals surface area contributed by atoms with E-state index in [1.807, 2.05) is 28.7 Å². The Kier molecular flexibility index (Phi) is 6.96. The highest BCUT2D eigenvalue weighted by atomic mass is 32.1. The van der Waals surface area contributed by atoms with Gasteiger partial charge in [-0.25, -0.2) is 9.37 Å². The standard InChI is InChI=1S/C24H23FN8OS/c1-16-8-17(22-14-26-15-35-22)10-20(9-16)30-19-3-2-18(27-11-19)12-29-32-24-28-13-21(25)23(31-24)33-4-6-34-7-5-33/h2-3,8-11,13-15,30H,4-7,12H2,1H3. The molecule has 0 amide bonds. The monoisotopic (exact) mass is 490 g/mol. The second-order valence-corrected chi connectivity index (χ2v) is 8.84. The second-order valence-electron chi connectivity index (χ2n) is 7.96. The van der Waals surface area contributed by atoms with Crippen LogP contribution in [0.4, 0.5) is 27.5 Å². The van der Waals surface area contributed by atoms with Crippen LogP contribution in [0, 0.1) is 12.7 Å². The predicted molar refractivity (Wildman–Crippen MR) is 133 cm³/mol. The van der Waals surface area contributed by atoms with Crippen LogP contribution in [0.3, 0.4) is 0 Å². The molecule has 9 nitrogen and oxygen atoms in total. The number of hydrogen-bond acceptors (Lipinski definition) is 10. The van der Waals surface area contributed by atoms with Gasteiger partial charge in [0.15, 0.2) is 11.6 Å². The minimum absolute atomic E-state index is 0.113. The van der Waals surface area contributed by atoms with Crippen LogP contribution in [-0.4, -0.2) is 46.2 Å². The minimum Gasteiger partial charge on any atom is -0.378 e. The lowest BCUT2D eigenvalue weighted by Gasteiger charge is -2.27. The molecule has 0 unspecified atom stereocenters. The molecule has 1 aromatic carbocycles. The summed E-state index contributed by atoms with van der Waals surface area (Å²) >= 11 is 1.61. The van der Waals surface area contributed by atoms with Crippen molar-refractivity contribution < 1.29 is 9.13 Å². The number of pyridine rings is 1. The fraction of sp³-hybridized carbons (Fsp3) is 0.250. The summed E-state index contributed by atoms with van der Waals surface area (Å²) in [6, 6.07) is 10.1. The highest BCUT2D eigenvalue weighted by molar-refractivity contribution is 7.13. The van der Waals surface area contributed by atoms with Crippen molar-refractivity contribution in [1.29, 1.82) is 0 Å². The van der Waals surface area contributed by atoms with E-state index in [2.05, 4.69) is 60.6 Å². The molecule has 11 heteroatoms. The number of benzene rings is 1. The third kappa shape index (κ3) is 5.81. The molecule has 0 bridgehead atoms. The van der Waals surface area contributed by atoms with Gasteiger partial charge in [0.1, 0.15) is 6.54 Å². The summed E-state index contributed by atoms with van der Waals surface area (Å²) in [5.41, 5.74) is 6.69. The Morgan fingerprint density at radius 1 is 1.09 bits per heavy atom. The molecule has 1 saturated heterocycles. The van der Waals surface area contributed by atoms with Crippen LogP contribution >= 0.6 is 11.3 Å². The number of azo groups is 1. The van der Waals surface area contributed by atoms with Gasteiger partial charge in [-0.2, -0.15) is 10.1 Å². The summed E-state index contributed by atoms with van der Waals surface area (Å²) in [6.45, 7) is 4.54. The van der Waals surface area contributed by atoms with Crippen molar-refractivity contribution in [2.24, 2.45) is 10.2 Å². The Hall–Kier alpha value is -3.83. The minimum atomic E-state index is -0.483. The van der Waals surface area contributed by atoms with Crippen molar-refractivity contribution in [2.45, 2.75) is 13.5 Å². The van der Waals surface area contributed by atoms with Gasteiger partial charge >= 0.3 is 0 Å². The average Bonchev–Trinajstić information content (AvgIpc) is 3.42. The van der Waals surface area contributed by atoms with E-state index in [0.29, 0.717) is 26.3 Å². The van der Waals surface area contributed by atoms with E-state index in [1.165, 1.54) is 0 Å². The van der Waals surface area contributed by atoms with Crippen molar-refractivity contribution in [2.75, 3.05) is 36.5 Å². The predicted octanol–water partition coefficient (Wildman–Crippen LogP) is 5.31. The molecule has 0 aliphatic carbocycles. The smallest absolute Gasteiger partial charge is 0.270 e. The first-order valence-corrected chi connectivity index (χ1v) is 12.0. The SMILES string of the molecule is Cc1cc(Nc2ccc(CN=Nc3ncc(F)c(N4CCOCC4)n3)nc2)cc(-c2cncs2)c1. The second kappa shape index (κ2) is 10.6. The number of aryl methyl sites for hydroxylation is 1. The molecular formula is C24H23FN8OS. The van der Waals surface area contributed by atoms with Gasteiger partial charge in [0.05, 0.1) is 47.4 Å². The molecule has 0 atom stereocenters. The van der Waals surface area contributed by atoms with Crippen LogP contribution in [0.2, 0.25) is 0 Å². The molecule has 0 spiro atoms. The number of thiazole rings is 1. The molecule has 178 valence electrons. The largest absolute Gasteiger partial charge is 0.378 e. The number of nitrogens with one attached hydrogen (secondary N) is 1. The molecule has 1 aliphatic heterocycles. The lowest BCUT2D eigenvalue weighted by Crippen LogP contribution is -2.37. The highest BCUT2D eigenvalue weighted by Crippen LogP contribution is 2.29. The maximum Gasteiger partial charge on any atom is 0.270 e. The molecule has 0 saturated carbocycles. The van der Waals surface area contributed by atoms with E-state index in [4.69, 9.17) is 4.74 Å². The van der Waals surface area contributed by atoms with Gasteiger partial charge in [-0.3, -0.25) is 9.97 Å². The van der Waals surface area contributed by atoms with Crippen LogP contribution in [0.15, 0.2) is 64.7 Å². The lowest BCUT2D eigenvalue weighted by atomic mass is 10.1. The number of anilines is 3. The van der Waals surface area contributed by atoms with E-state index in [-0.39, 0.29) is 18.3 Å². The van der Waals surface area contributed by atoms with E-state index in [1.54, 1.807) is 17.5 Å². The third-order valence-electron chi connectivity index (χ3n) is 5.32. The van der Waals surface area contributed by atoms with Crippen LogP contribution in [0.25, 0.3) is 10.4 Å². The maximum absolute atomic E-state index is 14.2. The topological polar surface area (TPSA) is 101 Å². The summed E-state index contributed by atoms with van der Waals surface area (Å²) in [6.07, 6.45) is 4.75. The Bertz CT molecular complexity index is 1310. The fourth-order valence-electron chi connectivity index (χ4n) is 3.68. The number of aromatic nitrogens is 4. The molecular weight excluding hydrogens is 467 g/mol. The van der Waals surface area contributed by atoms with Crippen LogP contribution in [0.1, 0.15) is 11.3 Å². The van der Waals surface area contributed by atoms with Gasteiger partial charge in [0.25, 0.3) is 5.95 Å². The number of morpholine rings is 1. The van der Waals surface area contributed by atoms with Crippen LogP contribution < -0.4 is 10.2 Å². The Labute approximate surface area is 205 Å². The zero-order valence-electron chi connectivity index (χ0n) is 19.1. The number of ether oxygens (including phenoxy) is 1. The quantitative estimate of drug-likeness (QED) is 0.351. The molecule has 4 aromatic rings. The molecule has 5 rings (SSSR count). The summed E-state index contributed by atoms with van der Waals surface area (Å²) in [5, 5.41) is 11.6. The molecule has 3 aromatic heterocycles. The molecule has 1 aliphatic rings. The van der Waals surface area contributed by atoms with E-state index < -0.39 is 5.82 Å². The Morgan fingerprint density at radius 2 is 1.97 bits per heavy atom. The maximum atomic E-state index is 14.2. The highest BCUT2D eigenvalue weighted by Gasteiger charge is 2.17. The van der Waals surface area contributed by atoms with Gasteiger partial charge in [0, 0.05) is 25.0 Å². The molecule has 0 radical (unpaired) electrons. The van der Waals surface area contributed by atoms with Crippen LogP contribution in [-0.2, 0) is 11.3 Å². The lowest BCUT2D eigenvalue weighted by molar-refractivity contribution is 0.122. The number of nitrogens with zero attached hydrogens (tertiary/aromatic N) is 7. The molecule has 1 fully saturated rings. The van der Waals surface area contributed by atoms with Gasteiger partial charge < -0.3 is 15.0 Å². The van der Waals surface area contributed by atoms with Crippen molar-refractivity contribution in [1.82, 2.24) is 19.9 Å². The molecule has 1 N–H and O–H groups in total. The Morgan fingerprint density at radius 3 is 2.74 bits per heavy atom. The van der Waals surface area contributed by atoms with Crippen molar-refractivity contribution in [3.05, 3.63) is 71.5 Å². The van der Waals surface area contributed by atoms with E-state index >= 15 is 0 Å². The number of rotatable bonds is 7. The molecule has 35 heavy (non-hydrogen) atoms. The zero-order chi connectivity index (χ0) is 24.0. The summed E-state index contributed by atoms with van der Waals surface area (Å²) in [7, 11) is 0. The summed E-state index contributed by atoms with van der Waals surface area (Å²) < 4.78 is 19.5. The third-order valence-corrected chi connectivity index (χ3v) is 6.15. The summed E-state index contributed by atoms with van der Waals surface area (Å²) in [4.78, 5) is 19.7. The van der Waals surface area contributed by atoms with E-state index in [9.17, 15) is 4.39 Å². The van der Waals surface area contributed by atoms with Crippen molar-refractivity contribution in [3.63, 3.8) is 0 Å². The summed E-state index contributed by atoms with van der Waals surface area (Å²) in [5.74, 6) is -0.147. The van der Waals surface area contributed by atoms with Gasteiger partial charge in [-0.1, -0.05) is 6.07 Å². The fourth-order valence-corrected chi connectivity index (χ4v) is 4.29. The first-order valence-electron chi connectivity index (χ1n) is 11.1. The van der Waals surface area contributed by atoms with Crippen molar-refractivity contribution in [3.8, 4) is 10.4 Å².